The molecule has 1 aliphatic heterocycles. The van der Waals surface area contributed by atoms with Crippen LogP contribution in [0.2, 0.25) is 0 Å². The molecular formula is C24H34N4O. The number of hydrogen-bond acceptors (Lipinski definition) is 4. The van der Waals surface area contributed by atoms with Crippen LogP contribution in [0.5, 0.6) is 0 Å². The normalized spacial score (nSPS) is 17.3. The van der Waals surface area contributed by atoms with E-state index in [1.54, 1.807) is 0 Å². The molecule has 1 fully saturated rings. The molecule has 0 radical (unpaired) electrons. The van der Waals surface area contributed by atoms with Crippen molar-refractivity contribution in [1.82, 2.24) is 14.7 Å². The van der Waals surface area contributed by atoms with Gasteiger partial charge in [-0.3, -0.25) is 9.69 Å². The van der Waals surface area contributed by atoms with E-state index in [1.807, 2.05) is 42.2 Å². The van der Waals surface area contributed by atoms with Crippen LogP contribution in [0.1, 0.15) is 24.1 Å². The molecule has 0 bridgehead atoms. The number of amides is 1. The Labute approximate surface area is 175 Å². The highest BCUT2D eigenvalue weighted by atomic mass is 16.2. The number of hydrogen-bond donors (Lipinski definition) is 1. The smallest absolute Gasteiger partial charge is 0.227 e. The minimum absolute atomic E-state index is 0.169. The van der Waals surface area contributed by atoms with Crippen LogP contribution in [0, 0.1) is 5.92 Å². The van der Waals surface area contributed by atoms with Gasteiger partial charge in [0.25, 0.3) is 0 Å². The molecule has 2 N–H and O–H groups in total. The predicted molar refractivity (Wildman–Crippen MR) is 118 cm³/mol. The number of nitrogens with two attached hydrogens (primary N) is 1. The van der Waals surface area contributed by atoms with E-state index in [2.05, 4.69) is 47.2 Å². The van der Waals surface area contributed by atoms with Crippen LogP contribution < -0.4 is 5.73 Å². The molecule has 2 aromatic rings. The quantitative estimate of drug-likeness (QED) is 0.748. The van der Waals surface area contributed by atoms with Crippen molar-refractivity contribution in [3.63, 3.8) is 0 Å². The Morgan fingerprint density at radius 1 is 1.00 bits per heavy atom. The second-order valence-corrected chi connectivity index (χ2v) is 8.12. The van der Waals surface area contributed by atoms with Crippen molar-refractivity contribution in [3.8, 4) is 0 Å². The van der Waals surface area contributed by atoms with Crippen LogP contribution in [-0.4, -0.2) is 66.9 Å². The van der Waals surface area contributed by atoms with Gasteiger partial charge in [0, 0.05) is 51.9 Å². The summed E-state index contributed by atoms with van der Waals surface area (Å²) in [6, 6.07) is 20.2. The van der Waals surface area contributed by atoms with Crippen molar-refractivity contribution in [2.24, 2.45) is 11.7 Å². The number of carbonyl (C=O) groups excluding carboxylic acids is 1. The third kappa shape index (κ3) is 6.13. The highest BCUT2D eigenvalue weighted by Crippen LogP contribution is 2.21. The average molecular weight is 395 g/mol. The SMILES string of the molecule is CC(C(=O)N1CCN(CCN(C)Cc2ccccc2)CC1)C(N)c1ccccc1. The van der Waals surface area contributed by atoms with Crippen molar-refractivity contribution < 1.29 is 4.79 Å². The van der Waals surface area contributed by atoms with Gasteiger partial charge in [-0.25, -0.2) is 0 Å². The van der Waals surface area contributed by atoms with E-state index in [0.717, 1.165) is 51.4 Å². The van der Waals surface area contributed by atoms with Crippen LogP contribution >= 0.6 is 0 Å². The van der Waals surface area contributed by atoms with E-state index in [-0.39, 0.29) is 17.9 Å². The molecule has 1 amide bonds. The lowest BCUT2D eigenvalue weighted by Crippen LogP contribution is -2.52. The van der Waals surface area contributed by atoms with E-state index in [0.29, 0.717) is 0 Å². The Kier molecular flexibility index (Phi) is 7.81. The molecule has 2 atom stereocenters. The summed E-state index contributed by atoms with van der Waals surface area (Å²) in [5, 5.41) is 0. The van der Waals surface area contributed by atoms with Crippen molar-refractivity contribution in [2.75, 3.05) is 46.3 Å². The Hall–Kier alpha value is -2.21. The summed E-state index contributed by atoms with van der Waals surface area (Å²) in [7, 11) is 2.17. The first-order valence-electron chi connectivity index (χ1n) is 10.6. The average Bonchev–Trinajstić information content (AvgIpc) is 2.78. The molecule has 5 heteroatoms. The molecule has 5 nitrogen and oxygen atoms in total. The zero-order valence-corrected chi connectivity index (χ0v) is 17.7. The second kappa shape index (κ2) is 10.5. The maximum atomic E-state index is 12.9. The van der Waals surface area contributed by atoms with Gasteiger partial charge in [-0.05, 0) is 18.2 Å². The minimum atomic E-state index is -0.256. The third-order valence-corrected chi connectivity index (χ3v) is 5.89. The molecule has 2 aromatic carbocycles. The summed E-state index contributed by atoms with van der Waals surface area (Å²) in [6.07, 6.45) is 0. The van der Waals surface area contributed by atoms with E-state index in [4.69, 9.17) is 5.73 Å². The molecule has 3 rings (SSSR count). The van der Waals surface area contributed by atoms with E-state index in [1.165, 1.54) is 5.56 Å². The summed E-state index contributed by atoms with van der Waals surface area (Å²) in [6.45, 7) is 8.40. The van der Waals surface area contributed by atoms with E-state index < -0.39 is 0 Å². The largest absolute Gasteiger partial charge is 0.340 e. The molecule has 0 aromatic heterocycles. The van der Waals surface area contributed by atoms with Crippen LogP contribution in [0.3, 0.4) is 0 Å². The van der Waals surface area contributed by atoms with Gasteiger partial charge in [0.15, 0.2) is 0 Å². The molecule has 1 aliphatic rings. The van der Waals surface area contributed by atoms with E-state index in [9.17, 15) is 4.79 Å². The molecule has 0 aliphatic carbocycles. The van der Waals surface area contributed by atoms with Crippen LogP contribution in [0.15, 0.2) is 60.7 Å². The number of carbonyl (C=O) groups is 1. The van der Waals surface area contributed by atoms with Gasteiger partial charge in [-0.15, -0.1) is 0 Å². The number of nitrogens with zero attached hydrogens (tertiary/aromatic N) is 3. The van der Waals surface area contributed by atoms with Gasteiger partial charge in [-0.2, -0.15) is 0 Å². The first kappa shape index (κ1) is 21.5. The number of piperazine rings is 1. The minimum Gasteiger partial charge on any atom is -0.340 e. The fourth-order valence-corrected chi connectivity index (χ4v) is 3.88. The van der Waals surface area contributed by atoms with Gasteiger partial charge in [-0.1, -0.05) is 67.6 Å². The second-order valence-electron chi connectivity index (χ2n) is 8.12. The van der Waals surface area contributed by atoms with Crippen molar-refractivity contribution >= 4 is 5.91 Å². The predicted octanol–water partition coefficient (Wildman–Crippen LogP) is 2.60. The summed E-state index contributed by atoms with van der Waals surface area (Å²) >= 11 is 0. The lowest BCUT2D eigenvalue weighted by Gasteiger charge is -2.37. The maximum absolute atomic E-state index is 12.9. The Bertz CT molecular complexity index is 744. The van der Waals surface area contributed by atoms with Crippen LogP contribution in [-0.2, 0) is 11.3 Å². The first-order valence-corrected chi connectivity index (χ1v) is 10.6. The molecule has 1 saturated heterocycles. The lowest BCUT2D eigenvalue weighted by atomic mass is 9.94. The fraction of sp³-hybridized carbons (Fsp3) is 0.458. The summed E-state index contributed by atoms with van der Waals surface area (Å²) in [5.74, 6) is -0.0387. The summed E-state index contributed by atoms with van der Waals surface area (Å²) in [4.78, 5) is 19.7. The highest BCUT2D eigenvalue weighted by Gasteiger charge is 2.29. The Morgan fingerprint density at radius 2 is 1.59 bits per heavy atom. The maximum Gasteiger partial charge on any atom is 0.227 e. The summed E-state index contributed by atoms with van der Waals surface area (Å²) < 4.78 is 0. The number of benzene rings is 2. The summed E-state index contributed by atoms with van der Waals surface area (Å²) in [5.41, 5.74) is 8.72. The first-order chi connectivity index (χ1) is 14.0. The van der Waals surface area contributed by atoms with Crippen molar-refractivity contribution in [3.05, 3.63) is 71.8 Å². The fourth-order valence-electron chi connectivity index (χ4n) is 3.88. The monoisotopic (exact) mass is 394 g/mol. The number of likely N-dealkylation sites (N-methyl/N-ethyl adjacent to an activating group) is 1. The van der Waals surface area contributed by atoms with Gasteiger partial charge in [0.2, 0.25) is 5.91 Å². The Morgan fingerprint density at radius 3 is 2.21 bits per heavy atom. The number of rotatable bonds is 8. The topological polar surface area (TPSA) is 52.8 Å². The molecular weight excluding hydrogens is 360 g/mol. The van der Waals surface area contributed by atoms with Gasteiger partial charge in [0.1, 0.15) is 0 Å². The lowest BCUT2D eigenvalue weighted by molar-refractivity contribution is -0.137. The molecule has 0 spiro atoms. The third-order valence-electron chi connectivity index (χ3n) is 5.89. The molecule has 2 unspecified atom stereocenters. The zero-order valence-electron chi connectivity index (χ0n) is 17.7. The van der Waals surface area contributed by atoms with Crippen molar-refractivity contribution in [1.29, 1.82) is 0 Å². The standard InChI is InChI=1S/C24H34N4O/c1-20(23(25)22-11-7-4-8-12-22)24(29)28-17-15-27(16-18-28)14-13-26(2)19-21-9-5-3-6-10-21/h3-12,20,23H,13-19,25H2,1-2H3. The molecule has 156 valence electrons. The highest BCUT2D eigenvalue weighted by molar-refractivity contribution is 5.79. The van der Waals surface area contributed by atoms with E-state index >= 15 is 0 Å². The Balaban J connectivity index is 1.41. The van der Waals surface area contributed by atoms with Gasteiger partial charge < -0.3 is 15.5 Å². The van der Waals surface area contributed by atoms with Gasteiger partial charge >= 0.3 is 0 Å². The van der Waals surface area contributed by atoms with Gasteiger partial charge in [0.05, 0.1) is 5.92 Å². The molecule has 29 heavy (non-hydrogen) atoms. The van der Waals surface area contributed by atoms with Crippen LogP contribution in [0.25, 0.3) is 0 Å². The van der Waals surface area contributed by atoms with Crippen molar-refractivity contribution in [2.45, 2.75) is 19.5 Å². The van der Waals surface area contributed by atoms with Crippen LogP contribution in [0.4, 0.5) is 0 Å². The zero-order chi connectivity index (χ0) is 20.6. The molecule has 0 saturated carbocycles. The molecule has 1 heterocycles.